The Morgan fingerprint density at radius 2 is 0.954 bits per heavy atom. The summed E-state index contributed by atoms with van der Waals surface area (Å²) in [6, 6.07) is 34.5. The molecule has 0 aromatic heterocycles. The van der Waals surface area contributed by atoms with Crippen LogP contribution in [0.3, 0.4) is 0 Å². The van der Waals surface area contributed by atoms with Crippen LogP contribution in [0, 0.1) is 13.8 Å². The predicted molar refractivity (Wildman–Crippen MR) is 251 cm³/mol. The Labute approximate surface area is 377 Å². The fourth-order valence-electron chi connectivity index (χ4n) is 8.87. The van der Waals surface area contributed by atoms with Crippen LogP contribution in [-0.2, 0) is 29.9 Å². The molecule has 4 aromatic rings. The first-order valence-electron chi connectivity index (χ1n) is 21.4. The molecule has 0 N–H and O–H groups in total. The second-order valence-corrected chi connectivity index (χ2v) is 19.5. The van der Waals surface area contributed by atoms with E-state index in [1.807, 2.05) is 0 Å². The van der Waals surface area contributed by atoms with E-state index < -0.39 is 7.81 Å². The summed E-state index contributed by atoms with van der Waals surface area (Å²) in [5.74, 6) is -0.548. The molecule has 2 aliphatic heterocycles. The minimum atomic E-state index is -10.7. The maximum atomic E-state index is 11.8. The van der Waals surface area contributed by atoms with E-state index in [9.17, 15) is 34.8 Å². The molecule has 2 heterocycles. The van der Waals surface area contributed by atoms with Crippen molar-refractivity contribution in [2.24, 2.45) is 0 Å². The Kier molecular flexibility index (Phi) is 13.3. The van der Waals surface area contributed by atoms with Crippen molar-refractivity contribution in [3.05, 3.63) is 166 Å². The quantitative estimate of drug-likeness (QED) is 0.0683. The van der Waals surface area contributed by atoms with Gasteiger partial charge in [0, 0.05) is 82.9 Å². The Morgan fingerprint density at radius 1 is 0.600 bits per heavy atom. The van der Waals surface area contributed by atoms with Crippen LogP contribution in [0.1, 0.15) is 76.6 Å². The van der Waals surface area contributed by atoms with Crippen LogP contribution in [0.15, 0.2) is 144 Å². The number of hydrogen-bond donors (Lipinski definition) is 0. The van der Waals surface area contributed by atoms with Crippen LogP contribution in [0.2, 0.25) is 0 Å². The van der Waals surface area contributed by atoms with Crippen LogP contribution >= 0.6 is 7.81 Å². The van der Waals surface area contributed by atoms with Gasteiger partial charge in [-0.3, -0.25) is 9.59 Å². The molecule has 3 aliphatic rings. The van der Waals surface area contributed by atoms with Crippen LogP contribution in [0.25, 0.3) is 0 Å². The fourth-order valence-corrected chi connectivity index (χ4v) is 8.87. The molecule has 7 nitrogen and oxygen atoms in total. The summed E-state index contributed by atoms with van der Waals surface area (Å²) in [5, 5.41) is 0. The van der Waals surface area contributed by atoms with Crippen LogP contribution in [0.5, 0.6) is 0 Å². The summed E-state index contributed by atoms with van der Waals surface area (Å²) in [6.07, 6.45) is 11.0. The summed E-state index contributed by atoms with van der Waals surface area (Å²) in [6.45, 7) is 18.1. The SMILES string of the molecule is CC(=O)OCCN1C(=CC=C2CC/C(=C\C=C3\N(CCOC(C)=O)c4ccc(C)cc4C3(C)C)C2=[N+](c2ccccc2)c2ccccc2)C(C)(C)c2cc(C)ccc21.F[P-](F)(F)(F)(F)F. The number of halogens is 6. The first-order chi connectivity index (χ1) is 30.2. The van der Waals surface area contributed by atoms with Crippen molar-refractivity contribution < 1.29 is 44.2 Å². The fraction of sp³-hybridized carbons (Fsp3) is 0.314. The molecule has 0 atom stereocenters. The molecule has 0 spiro atoms. The summed E-state index contributed by atoms with van der Waals surface area (Å²) < 4.78 is 72.5. The van der Waals surface area contributed by atoms with Crippen molar-refractivity contribution in [1.82, 2.24) is 4.58 Å². The number of carbonyl (C=O) groups excluding carboxylic acids is 2. The zero-order valence-corrected chi connectivity index (χ0v) is 38.9. The molecule has 7 rings (SSSR count). The third-order valence-electron chi connectivity index (χ3n) is 11.7. The number of carbonyl (C=O) groups is 2. The second kappa shape index (κ2) is 17.8. The number of hydrogen-bond acceptors (Lipinski definition) is 6. The van der Waals surface area contributed by atoms with Crippen molar-refractivity contribution >= 4 is 48.2 Å². The molecule has 1 aliphatic carbocycles. The number of aryl methyl sites for hydroxylation is 2. The topological polar surface area (TPSA) is 62.1 Å². The molecule has 0 bridgehead atoms. The number of anilines is 2. The van der Waals surface area contributed by atoms with Gasteiger partial charge in [-0.25, -0.2) is 0 Å². The Morgan fingerprint density at radius 3 is 1.29 bits per heavy atom. The number of nitrogens with zero attached hydrogens (tertiary/aromatic N) is 3. The number of para-hydroxylation sites is 2. The van der Waals surface area contributed by atoms with Gasteiger partial charge in [-0.05, 0) is 62.1 Å². The zero-order valence-electron chi connectivity index (χ0n) is 38.0. The average Bonchev–Trinajstić information content (AvgIpc) is 3.76. The molecule has 4 aromatic carbocycles. The Bertz CT molecular complexity index is 2460. The maximum absolute atomic E-state index is 11.8. The van der Waals surface area contributed by atoms with E-state index in [-0.39, 0.29) is 22.8 Å². The first kappa shape index (κ1) is 48.5. The van der Waals surface area contributed by atoms with Crippen molar-refractivity contribution in [2.75, 3.05) is 36.1 Å². The third-order valence-corrected chi connectivity index (χ3v) is 11.7. The summed E-state index contributed by atoms with van der Waals surface area (Å²) in [7, 11) is -10.7. The number of rotatable bonds is 10. The number of ether oxygens (including phenoxy) is 2. The molecule has 1 saturated carbocycles. The van der Waals surface area contributed by atoms with Gasteiger partial charge in [-0.2, -0.15) is 4.58 Å². The Balaban J connectivity index is 0.000000925. The first-order valence-corrected chi connectivity index (χ1v) is 23.5. The third kappa shape index (κ3) is 12.0. The van der Waals surface area contributed by atoms with Gasteiger partial charge in [-0.15, -0.1) is 0 Å². The molecule has 0 amide bonds. The number of fused-ring (bicyclic) bond motifs is 2. The summed E-state index contributed by atoms with van der Waals surface area (Å²) in [4.78, 5) is 28.3. The van der Waals surface area contributed by atoms with Gasteiger partial charge in [0.15, 0.2) is 0 Å². The van der Waals surface area contributed by atoms with E-state index in [1.165, 1.54) is 58.6 Å². The summed E-state index contributed by atoms with van der Waals surface area (Å²) in [5.41, 5.74) is 14.9. The Hall–Kier alpha value is -5.94. The van der Waals surface area contributed by atoms with Gasteiger partial charge in [0.25, 0.3) is 0 Å². The molecule has 0 radical (unpaired) electrons. The average molecular weight is 920 g/mol. The minimum absolute atomic E-state index is 0.272. The van der Waals surface area contributed by atoms with E-state index in [0.717, 1.165) is 41.3 Å². The molecule has 1 fully saturated rings. The van der Waals surface area contributed by atoms with Crippen molar-refractivity contribution in [1.29, 1.82) is 0 Å². The van der Waals surface area contributed by atoms with E-state index >= 15 is 0 Å². The molecule has 0 saturated heterocycles. The van der Waals surface area contributed by atoms with E-state index in [1.54, 1.807) is 0 Å². The van der Waals surface area contributed by atoms with E-state index in [0.29, 0.717) is 26.3 Å². The van der Waals surface area contributed by atoms with Gasteiger partial charge in [0.05, 0.1) is 13.1 Å². The number of benzene rings is 4. The van der Waals surface area contributed by atoms with Crippen molar-refractivity contribution in [3.8, 4) is 0 Å². The number of allylic oxidation sites excluding steroid dienone is 8. The normalized spacial score (nSPS) is 19.7. The van der Waals surface area contributed by atoms with Gasteiger partial charge in [0.1, 0.15) is 13.2 Å². The molecule has 346 valence electrons. The van der Waals surface area contributed by atoms with Crippen LogP contribution < -0.4 is 14.4 Å². The zero-order chi connectivity index (χ0) is 47.6. The van der Waals surface area contributed by atoms with Crippen molar-refractivity contribution in [3.63, 3.8) is 0 Å². The van der Waals surface area contributed by atoms with Crippen LogP contribution in [-0.4, -0.2) is 44.0 Å². The molecular weight excluding hydrogens is 864 g/mol. The van der Waals surface area contributed by atoms with Gasteiger partial charge < -0.3 is 19.3 Å². The van der Waals surface area contributed by atoms with Crippen LogP contribution in [0.4, 0.5) is 47.9 Å². The number of esters is 2. The predicted octanol–water partition coefficient (Wildman–Crippen LogP) is 14.1. The van der Waals surface area contributed by atoms with Gasteiger partial charge in [-0.1, -0.05) is 112 Å². The van der Waals surface area contributed by atoms with Crippen molar-refractivity contribution in [2.45, 2.75) is 79.1 Å². The summed E-state index contributed by atoms with van der Waals surface area (Å²) >= 11 is 0. The van der Waals surface area contributed by atoms with E-state index in [4.69, 9.17) is 9.47 Å². The van der Waals surface area contributed by atoms with Gasteiger partial charge >= 0.3 is 44.9 Å². The standard InChI is InChI=1S/C51H56N3O4.F6P/c1-35-19-25-45-43(33-35)50(5,6)47(52(45)29-31-57-37(3)55)27-23-39-21-22-40(49(39)54(41-15-11-9-12-16-41)42-17-13-10-14-18-42)24-28-48-51(7,8)44-34-36(2)20-26-46(44)53(48)30-32-58-38(4)56;1-7(2,3,4,5)6/h9-20,23-28,33-34H,21-22,29-32H2,1-8H3;/q+1;-1. The molecule has 65 heavy (non-hydrogen) atoms. The monoisotopic (exact) mass is 919 g/mol. The van der Waals surface area contributed by atoms with E-state index in [2.05, 4.69) is 177 Å². The molecule has 0 unspecified atom stereocenters. The second-order valence-electron chi connectivity index (χ2n) is 17.6. The molecule has 14 heteroatoms. The molecular formula is C51H56F6N3O4P. The van der Waals surface area contributed by atoms with Gasteiger partial charge in [0.2, 0.25) is 17.1 Å².